The molecule has 0 radical (unpaired) electrons. The highest BCUT2D eigenvalue weighted by Gasteiger charge is 2.56. The molecule has 25 heavy (non-hydrogen) atoms. The molecule has 5 nitrogen and oxygen atoms in total. The Morgan fingerprint density at radius 1 is 1.36 bits per heavy atom. The van der Waals surface area contributed by atoms with Gasteiger partial charge >= 0.3 is 4.87 Å². The largest absolute Gasteiger partial charge is 0.309 e. The smallest absolute Gasteiger partial charge is 0.297 e. The van der Waals surface area contributed by atoms with E-state index < -0.39 is 11.8 Å². The second-order valence-electron chi connectivity index (χ2n) is 6.12. The highest BCUT2D eigenvalue weighted by atomic mass is 32.1. The van der Waals surface area contributed by atoms with Gasteiger partial charge in [-0.05, 0) is 31.2 Å². The van der Waals surface area contributed by atoms with Crippen LogP contribution in [0.3, 0.4) is 0 Å². The number of pyridine rings is 2. The molecule has 126 valence electrons. The molecule has 1 atom stereocenters. The molecular formula is C17H12F2N4OS. The van der Waals surface area contributed by atoms with Gasteiger partial charge in [0.2, 0.25) is 0 Å². The van der Waals surface area contributed by atoms with Crippen molar-refractivity contribution in [2.24, 2.45) is 5.92 Å². The Morgan fingerprint density at radius 2 is 2.12 bits per heavy atom. The van der Waals surface area contributed by atoms with E-state index in [0.717, 1.165) is 17.0 Å². The van der Waals surface area contributed by atoms with Crippen LogP contribution in [0.2, 0.25) is 0 Å². The summed E-state index contributed by atoms with van der Waals surface area (Å²) in [6.45, 7) is 1.81. The molecule has 3 aromatic rings. The molecule has 4 rings (SSSR count). The standard InChI is InChI=1S/C17H12F2N4OS/c1-9-2-3-10(7-20)14(21-9)12-4-5-13-15(22-12)25-16(24)23(13)8-11-6-17(11,18)19/h2-5,11H,6,8H2,1H3. The number of rotatable bonds is 3. The van der Waals surface area contributed by atoms with Crippen molar-refractivity contribution in [3.05, 3.63) is 45.2 Å². The third-order valence-electron chi connectivity index (χ3n) is 4.29. The number of fused-ring (bicyclic) bond motifs is 1. The molecule has 0 N–H and O–H groups in total. The van der Waals surface area contributed by atoms with Crippen LogP contribution < -0.4 is 4.87 Å². The van der Waals surface area contributed by atoms with Crippen molar-refractivity contribution in [1.29, 1.82) is 5.26 Å². The lowest BCUT2D eigenvalue weighted by atomic mass is 10.1. The van der Waals surface area contributed by atoms with Gasteiger partial charge < -0.3 is 0 Å². The minimum Gasteiger partial charge on any atom is -0.297 e. The summed E-state index contributed by atoms with van der Waals surface area (Å²) in [5, 5.41) is 9.25. The maximum atomic E-state index is 13.2. The van der Waals surface area contributed by atoms with Crippen LogP contribution in [-0.4, -0.2) is 20.5 Å². The van der Waals surface area contributed by atoms with Gasteiger partial charge in [-0.2, -0.15) is 5.26 Å². The van der Waals surface area contributed by atoms with E-state index in [1.54, 1.807) is 24.3 Å². The number of aromatic nitrogens is 3. The molecule has 0 spiro atoms. The fourth-order valence-corrected chi connectivity index (χ4v) is 3.66. The molecule has 3 heterocycles. The maximum Gasteiger partial charge on any atom is 0.309 e. The maximum absolute atomic E-state index is 13.2. The second kappa shape index (κ2) is 5.43. The molecule has 1 fully saturated rings. The number of alkyl halides is 2. The first kappa shape index (κ1) is 15.8. The Kier molecular flexibility index (Phi) is 3.44. The minimum absolute atomic E-state index is 0.000991. The van der Waals surface area contributed by atoms with Crippen molar-refractivity contribution in [3.8, 4) is 17.5 Å². The van der Waals surface area contributed by atoms with Crippen molar-refractivity contribution in [3.63, 3.8) is 0 Å². The lowest BCUT2D eigenvalue weighted by Gasteiger charge is -2.05. The zero-order chi connectivity index (χ0) is 17.8. The van der Waals surface area contributed by atoms with Crippen LogP contribution in [0.15, 0.2) is 29.1 Å². The number of nitrogens with zero attached hydrogens (tertiary/aromatic N) is 4. The van der Waals surface area contributed by atoms with Crippen molar-refractivity contribution in [2.75, 3.05) is 0 Å². The third kappa shape index (κ3) is 2.70. The lowest BCUT2D eigenvalue weighted by Crippen LogP contribution is -2.16. The molecule has 0 amide bonds. The summed E-state index contributed by atoms with van der Waals surface area (Å²) >= 11 is 0.916. The molecule has 0 saturated heterocycles. The fraction of sp³-hybridized carbons (Fsp3) is 0.294. The summed E-state index contributed by atoms with van der Waals surface area (Å²) in [5.74, 6) is -3.46. The Hall–Kier alpha value is -2.66. The second-order valence-corrected chi connectivity index (χ2v) is 7.06. The van der Waals surface area contributed by atoms with Gasteiger partial charge in [0, 0.05) is 24.6 Å². The highest BCUT2D eigenvalue weighted by molar-refractivity contribution is 7.16. The van der Waals surface area contributed by atoms with Crippen LogP contribution in [-0.2, 0) is 6.54 Å². The van der Waals surface area contributed by atoms with E-state index in [1.807, 2.05) is 6.92 Å². The average Bonchev–Trinajstić information content (AvgIpc) is 3.06. The number of hydrogen-bond acceptors (Lipinski definition) is 5. The van der Waals surface area contributed by atoms with Crippen LogP contribution in [0.1, 0.15) is 17.7 Å². The highest BCUT2D eigenvalue weighted by Crippen LogP contribution is 2.49. The van der Waals surface area contributed by atoms with E-state index in [-0.39, 0.29) is 17.8 Å². The van der Waals surface area contributed by atoms with E-state index in [0.29, 0.717) is 27.3 Å². The normalized spacial score (nSPS) is 18.2. The van der Waals surface area contributed by atoms with Gasteiger partial charge in [-0.1, -0.05) is 11.3 Å². The van der Waals surface area contributed by atoms with Crippen molar-refractivity contribution < 1.29 is 8.78 Å². The van der Waals surface area contributed by atoms with Gasteiger partial charge in [0.15, 0.2) is 0 Å². The first-order chi connectivity index (χ1) is 11.9. The Bertz CT molecular complexity index is 1100. The van der Waals surface area contributed by atoms with E-state index in [4.69, 9.17) is 0 Å². The summed E-state index contributed by atoms with van der Waals surface area (Å²) in [4.78, 5) is 21.1. The summed E-state index contributed by atoms with van der Waals surface area (Å²) in [6, 6.07) is 8.84. The lowest BCUT2D eigenvalue weighted by molar-refractivity contribution is 0.0953. The van der Waals surface area contributed by atoms with E-state index >= 15 is 0 Å². The Labute approximate surface area is 145 Å². The van der Waals surface area contributed by atoms with Crippen molar-refractivity contribution >= 4 is 21.7 Å². The first-order valence-corrected chi connectivity index (χ1v) is 8.47. The predicted octanol–water partition coefficient (Wildman–Crippen LogP) is 3.36. The Morgan fingerprint density at radius 3 is 2.80 bits per heavy atom. The molecule has 0 bridgehead atoms. The number of thiazole rings is 1. The third-order valence-corrected chi connectivity index (χ3v) is 5.18. The molecule has 1 saturated carbocycles. The number of aryl methyl sites for hydroxylation is 1. The van der Waals surface area contributed by atoms with Gasteiger partial charge in [-0.3, -0.25) is 14.3 Å². The Balaban J connectivity index is 1.79. The average molecular weight is 358 g/mol. The number of halogens is 2. The summed E-state index contributed by atoms with van der Waals surface area (Å²) in [7, 11) is 0. The molecule has 1 unspecified atom stereocenters. The molecule has 1 aliphatic carbocycles. The first-order valence-electron chi connectivity index (χ1n) is 7.65. The van der Waals surface area contributed by atoms with Crippen LogP contribution >= 0.6 is 11.3 Å². The molecule has 1 aliphatic rings. The number of nitriles is 1. The summed E-state index contributed by atoms with van der Waals surface area (Å²) in [6.07, 6.45) is -0.180. The molecule has 0 aromatic carbocycles. The van der Waals surface area contributed by atoms with E-state index in [2.05, 4.69) is 16.0 Å². The molecule has 3 aromatic heterocycles. The van der Waals surface area contributed by atoms with Crippen molar-refractivity contribution in [1.82, 2.24) is 14.5 Å². The minimum atomic E-state index is -2.67. The van der Waals surface area contributed by atoms with Crippen LogP contribution in [0.5, 0.6) is 0 Å². The van der Waals surface area contributed by atoms with Crippen LogP contribution in [0, 0.1) is 24.2 Å². The summed E-state index contributed by atoms with van der Waals surface area (Å²) < 4.78 is 27.7. The zero-order valence-electron chi connectivity index (χ0n) is 13.2. The van der Waals surface area contributed by atoms with E-state index in [1.165, 1.54) is 4.57 Å². The van der Waals surface area contributed by atoms with Crippen LogP contribution in [0.4, 0.5) is 8.78 Å². The fourth-order valence-electron chi connectivity index (χ4n) is 2.78. The molecular weight excluding hydrogens is 346 g/mol. The van der Waals surface area contributed by atoms with Crippen LogP contribution in [0.25, 0.3) is 21.7 Å². The topological polar surface area (TPSA) is 71.6 Å². The van der Waals surface area contributed by atoms with Gasteiger partial charge in [-0.25, -0.2) is 13.8 Å². The number of hydrogen-bond donors (Lipinski definition) is 0. The van der Waals surface area contributed by atoms with Gasteiger partial charge in [0.1, 0.15) is 16.6 Å². The SMILES string of the molecule is Cc1ccc(C#N)c(-c2ccc3c(n2)sc(=O)n3CC2CC2(F)F)n1. The van der Waals surface area contributed by atoms with Crippen molar-refractivity contribution in [2.45, 2.75) is 25.8 Å². The zero-order valence-corrected chi connectivity index (χ0v) is 14.0. The molecule has 8 heteroatoms. The predicted molar refractivity (Wildman–Crippen MR) is 89.6 cm³/mol. The summed E-state index contributed by atoms with van der Waals surface area (Å²) in [5.41, 5.74) is 2.61. The van der Waals surface area contributed by atoms with E-state index in [9.17, 15) is 18.8 Å². The van der Waals surface area contributed by atoms with Gasteiger partial charge in [0.05, 0.1) is 16.8 Å². The van der Waals surface area contributed by atoms with Gasteiger partial charge in [-0.15, -0.1) is 0 Å². The monoisotopic (exact) mass is 358 g/mol. The quantitative estimate of drug-likeness (QED) is 0.720. The van der Waals surface area contributed by atoms with Gasteiger partial charge in [0.25, 0.3) is 5.92 Å². The molecule has 0 aliphatic heterocycles.